The molecule has 0 bridgehead atoms. The quantitative estimate of drug-likeness (QED) is 0.0262. The highest BCUT2D eigenvalue weighted by Gasteiger charge is 2.19. The smallest absolute Gasteiger partial charge is 0.306 e. The van der Waals surface area contributed by atoms with E-state index in [1.54, 1.807) is 0 Å². The highest BCUT2D eigenvalue weighted by atomic mass is 16.6. The van der Waals surface area contributed by atoms with E-state index in [-0.39, 0.29) is 31.1 Å². The number of carbonyl (C=O) groups is 3. The van der Waals surface area contributed by atoms with Crippen LogP contribution in [0, 0.1) is 0 Å². The molecular weight excluding hydrogens is 841 g/mol. The molecule has 0 saturated carbocycles. The average molecular weight is 958 g/mol. The van der Waals surface area contributed by atoms with Gasteiger partial charge in [0.25, 0.3) is 0 Å². The van der Waals surface area contributed by atoms with Gasteiger partial charge >= 0.3 is 17.9 Å². The molecule has 1 unspecified atom stereocenters. The summed E-state index contributed by atoms with van der Waals surface area (Å²) in [4.78, 5) is 38.2. The molecule has 0 aliphatic carbocycles. The summed E-state index contributed by atoms with van der Waals surface area (Å²) in [5.41, 5.74) is 0. The largest absolute Gasteiger partial charge is 0.462 e. The second-order valence-corrected chi connectivity index (χ2v) is 20.6. The maximum Gasteiger partial charge on any atom is 0.306 e. The van der Waals surface area contributed by atoms with Crippen LogP contribution < -0.4 is 0 Å². The van der Waals surface area contributed by atoms with E-state index >= 15 is 0 Å². The predicted octanol–water partition coefficient (Wildman–Crippen LogP) is 20.3. The van der Waals surface area contributed by atoms with Crippen LogP contribution in [-0.2, 0) is 28.6 Å². The van der Waals surface area contributed by atoms with E-state index in [1.165, 1.54) is 238 Å². The van der Waals surface area contributed by atoms with Crippen LogP contribution in [0.3, 0.4) is 0 Å². The number of hydrogen-bond acceptors (Lipinski definition) is 6. The minimum atomic E-state index is -0.772. The third-order valence-electron chi connectivity index (χ3n) is 13.7. The van der Waals surface area contributed by atoms with E-state index in [2.05, 4.69) is 45.1 Å². The van der Waals surface area contributed by atoms with Crippen molar-refractivity contribution in [2.45, 2.75) is 341 Å². The van der Waals surface area contributed by atoms with Crippen molar-refractivity contribution >= 4 is 17.9 Å². The van der Waals surface area contributed by atoms with Crippen LogP contribution >= 0.6 is 0 Å². The molecule has 0 N–H and O–H groups in total. The Kier molecular flexibility index (Phi) is 55.7. The molecular formula is C62H116O6. The second-order valence-electron chi connectivity index (χ2n) is 20.6. The summed E-state index contributed by atoms with van der Waals surface area (Å²) < 4.78 is 16.9. The average Bonchev–Trinajstić information content (AvgIpc) is 3.34. The van der Waals surface area contributed by atoms with Crippen LogP contribution in [0.25, 0.3) is 0 Å². The Morgan fingerprint density at radius 2 is 0.485 bits per heavy atom. The maximum absolute atomic E-state index is 12.9. The third kappa shape index (κ3) is 54.8. The Balaban J connectivity index is 4.34. The van der Waals surface area contributed by atoms with Gasteiger partial charge in [-0.2, -0.15) is 0 Å². The standard InChI is InChI=1S/C62H116O6/c1-4-7-10-13-16-19-22-25-28-31-34-37-40-43-46-49-52-55-61(64)67-58-59(57-66-60(63)54-51-48-45-42-39-36-33-30-27-24-21-18-15-12-9-6-3)68-62(65)56-53-50-47-44-41-38-35-32-29-26-23-20-17-14-11-8-5-2/h25-26,28-29,59H,4-24,27,30-58H2,1-3H3/b28-25-,29-26-. The van der Waals surface area contributed by atoms with E-state index in [0.29, 0.717) is 19.3 Å². The molecule has 0 aliphatic heterocycles. The lowest BCUT2D eigenvalue weighted by atomic mass is 10.0. The zero-order valence-corrected chi connectivity index (χ0v) is 45.9. The first-order chi connectivity index (χ1) is 33.5. The first kappa shape index (κ1) is 65.9. The lowest BCUT2D eigenvalue weighted by Gasteiger charge is -2.18. The minimum Gasteiger partial charge on any atom is -0.462 e. The molecule has 68 heavy (non-hydrogen) atoms. The number of hydrogen-bond donors (Lipinski definition) is 0. The highest BCUT2D eigenvalue weighted by molar-refractivity contribution is 5.71. The molecule has 0 aliphatic rings. The Bertz CT molecular complexity index is 1100. The molecule has 0 fully saturated rings. The van der Waals surface area contributed by atoms with Gasteiger partial charge in [-0.15, -0.1) is 0 Å². The van der Waals surface area contributed by atoms with Gasteiger partial charge in [0, 0.05) is 19.3 Å². The van der Waals surface area contributed by atoms with Gasteiger partial charge in [0.2, 0.25) is 0 Å². The van der Waals surface area contributed by atoms with Gasteiger partial charge in [0.1, 0.15) is 13.2 Å². The summed E-state index contributed by atoms with van der Waals surface area (Å²) in [5, 5.41) is 0. The molecule has 6 heteroatoms. The molecule has 0 rings (SSSR count). The van der Waals surface area contributed by atoms with E-state index in [1.807, 2.05) is 0 Å². The molecule has 0 amide bonds. The molecule has 400 valence electrons. The summed E-state index contributed by atoms with van der Waals surface area (Å²) in [5.74, 6) is -0.855. The zero-order valence-electron chi connectivity index (χ0n) is 45.9. The fourth-order valence-corrected chi connectivity index (χ4v) is 9.08. The first-order valence-corrected chi connectivity index (χ1v) is 30.3. The van der Waals surface area contributed by atoms with Crippen molar-refractivity contribution in [2.24, 2.45) is 0 Å². The number of unbranched alkanes of at least 4 members (excludes halogenated alkanes) is 41. The molecule has 0 heterocycles. The number of carbonyl (C=O) groups excluding carboxylic acids is 3. The fraction of sp³-hybridized carbons (Fsp3) is 0.887. The van der Waals surface area contributed by atoms with Crippen molar-refractivity contribution in [1.29, 1.82) is 0 Å². The summed E-state index contributed by atoms with van der Waals surface area (Å²) >= 11 is 0. The number of rotatable bonds is 56. The summed E-state index contributed by atoms with van der Waals surface area (Å²) in [6.07, 6.45) is 67.4. The van der Waals surface area contributed by atoms with Crippen LogP contribution in [0.4, 0.5) is 0 Å². The van der Waals surface area contributed by atoms with Crippen molar-refractivity contribution in [3.05, 3.63) is 24.3 Å². The van der Waals surface area contributed by atoms with Crippen LogP contribution in [0.2, 0.25) is 0 Å². The Hall–Kier alpha value is -2.11. The summed E-state index contributed by atoms with van der Waals surface area (Å²) in [6, 6.07) is 0. The van der Waals surface area contributed by atoms with E-state index in [9.17, 15) is 14.4 Å². The van der Waals surface area contributed by atoms with Gasteiger partial charge in [0.05, 0.1) is 0 Å². The number of ether oxygens (including phenoxy) is 3. The molecule has 0 aromatic carbocycles. The molecule has 0 aromatic rings. The van der Waals surface area contributed by atoms with Gasteiger partial charge in [-0.25, -0.2) is 0 Å². The van der Waals surface area contributed by atoms with Crippen molar-refractivity contribution in [1.82, 2.24) is 0 Å². The van der Waals surface area contributed by atoms with Gasteiger partial charge < -0.3 is 14.2 Å². The normalized spacial score (nSPS) is 12.1. The Morgan fingerprint density at radius 1 is 0.279 bits per heavy atom. The molecule has 6 nitrogen and oxygen atoms in total. The second kappa shape index (κ2) is 57.5. The topological polar surface area (TPSA) is 78.9 Å². The van der Waals surface area contributed by atoms with Crippen LogP contribution in [-0.4, -0.2) is 37.2 Å². The SMILES string of the molecule is CCCCCCCC/C=C\CCCCCCCCCC(=O)OCC(COC(=O)CCCCCCCCCCCCCCCCCC)OC(=O)CCCCCCCCC/C=C\CCCCCCCC. The molecule has 1 atom stereocenters. The van der Waals surface area contributed by atoms with Crippen molar-refractivity contribution in [2.75, 3.05) is 13.2 Å². The zero-order chi connectivity index (χ0) is 49.3. The van der Waals surface area contributed by atoms with Gasteiger partial charge in [0.15, 0.2) is 6.10 Å². The highest BCUT2D eigenvalue weighted by Crippen LogP contribution is 2.17. The number of esters is 3. The Labute approximate surface area is 423 Å². The van der Waals surface area contributed by atoms with Crippen LogP contribution in [0.15, 0.2) is 24.3 Å². The van der Waals surface area contributed by atoms with E-state index in [0.717, 1.165) is 57.8 Å². The van der Waals surface area contributed by atoms with Crippen LogP contribution in [0.5, 0.6) is 0 Å². The maximum atomic E-state index is 12.9. The first-order valence-electron chi connectivity index (χ1n) is 30.3. The fourth-order valence-electron chi connectivity index (χ4n) is 9.08. The number of allylic oxidation sites excluding steroid dienone is 4. The van der Waals surface area contributed by atoms with Crippen molar-refractivity contribution < 1.29 is 28.6 Å². The molecule has 0 aromatic heterocycles. The lowest BCUT2D eigenvalue weighted by Crippen LogP contribution is -2.30. The van der Waals surface area contributed by atoms with Gasteiger partial charge in [-0.3, -0.25) is 14.4 Å². The molecule has 0 spiro atoms. The lowest BCUT2D eigenvalue weighted by molar-refractivity contribution is -0.167. The third-order valence-corrected chi connectivity index (χ3v) is 13.7. The van der Waals surface area contributed by atoms with Crippen LogP contribution in [0.1, 0.15) is 335 Å². The van der Waals surface area contributed by atoms with Gasteiger partial charge in [-0.05, 0) is 70.6 Å². The van der Waals surface area contributed by atoms with Gasteiger partial charge in [-0.1, -0.05) is 270 Å². The predicted molar refractivity (Wildman–Crippen MR) is 293 cm³/mol. The minimum absolute atomic E-state index is 0.0696. The summed E-state index contributed by atoms with van der Waals surface area (Å²) in [6.45, 7) is 6.68. The van der Waals surface area contributed by atoms with Crippen molar-refractivity contribution in [3.8, 4) is 0 Å². The monoisotopic (exact) mass is 957 g/mol. The molecule has 0 radical (unpaired) electrons. The van der Waals surface area contributed by atoms with Crippen molar-refractivity contribution in [3.63, 3.8) is 0 Å². The molecule has 0 saturated heterocycles. The Morgan fingerprint density at radius 3 is 0.735 bits per heavy atom. The summed E-state index contributed by atoms with van der Waals surface area (Å²) in [7, 11) is 0. The van der Waals surface area contributed by atoms with E-state index in [4.69, 9.17) is 14.2 Å². The van der Waals surface area contributed by atoms with E-state index < -0.39 is 6.10 Å².